The molecule has 1 atom stereocenters. The summed E-state index contributed by atoms with van der Waals surface area (Å²) < 4.78 is 17.2. The topological polar surface area (TPSA) is 64.0 Å². The molecule has 0 aliphatic rings. The van der Waals surface area contributed by atoms with Gasteiger partial charge in [0.05, 0.1) is 10.9 Å². The third-order valence-electron chi connectivity index (χ3n) is 3.78. The summed E-state index contributed by atoms with van der Waals surface area (Å²) in [6.45, 7) is 1.87. The van der Waals surface area contributed by atoms with Gasteiger partial charge in [-0.2, -0.15) is 0 Å². The Balaban J connectivity index is 2.14. The van der Waals surface area contributed by atoms with Crippen molar-refractivity contribution in [2.75, 3.05) is 11.0 Å². The summed E-state index contributed by atoms with van der Waals surface area (Å²) in [6, 6.07) is 12.9. The van der Waals surface area contributed by atoms with E-state index < -0.39 is 11.0 Å². The summed E-state index contributed by atoms with van der Waals surface area (Å²) in [5.41, 5.74) is 2.20. The van der Waals surface area contributed by atoms with E-state index in [0.717, 1.165) is 11.4 Å². The third-order valence-corrected chi connectivity index (χ3v) is 5.03. The van der Waals surface area contributed by atoms with Crippen LogP contribution in [0.3, 0.4) is 0 Å². The predicted octanol–water partition coefficient (Wildman–Crippen LogP) is 4.16. The van der Waals surface area contributed by atoms with Crippen molar-refractivity contribution in [2.45, 2.75) is 6.92 Å². The highest BCUT2D eigenvalue weighted by Crippen LogP contribution is 2.23. The van der Waals surface area contributed by atoms with Gasteiger partial charge in [0.15, 0.2) is 5.43 Å². The van der Waals surface area contributed by atoms with Gasteiger partial charge in [-0.25, -0.2) is 4.21 Å². The fourth-order valence-corrected chi connectivity index (χ4v) is 3.53. The van der Waals surface area contributed by atoms with Crippen molar-refractivity contribution in [2.24, 2.45) is 0 Å². The van der Waals surface area contributed by atoms with E-state index in [1.807, 2.05) is 65.6 Å². The zero-order valence-electron chi connectivity index (χ0n) is 15.0. The van der Waals surface area contributed by atoms with Gasteiger partial charge in [-0.3, -0.25) is 19.1 Å². The normalized spacial score (nSPS) is 12.8. The fraction of sp³-hybridized carbons (Fsp3) is 0.100. The molecule has 5 nitrogen and oxygen atoms in total. The average Bonchev–Trinajstić information content (AvgIpc) is 2.66. The largest absolute Gasteiger partial charge is 0.295 e. The number of nitrogens with one attached hydrogen (secondary N) is 1. The van der Waals surface area contributed by atoms with Crippen LogP contribution < -0.4 is 10.2 Å². The number of para-hydroxylation sites is 1. The number of thioether (sulfide) groups is 1. The van der Waals surface area contributed by atoms with Gasteiger partial charge >= 0.3 is 0 Å². The van der Waals surface area contributed by atoms with Crippen molar-refractivity contribution >= 4 is 39.5 Å². The molecule has 2 heterocycles. The molecule has 0 amide bonds. The van der Waals surface area contributed by atoms with E-state index in [9.17, 15) is 9.00 Å². The van der Waals surface area contributed by atoms with E-state index in [1.54, 1.807) is 24.0 Å². The van der Waals surface area contributed by atoms with Crippen LogP contribution in [0, 0.1) is 6.92 Å². The van der Waals surface area contributed by atoms with Crippen LogP contribution in [0.15, 0.2) is 76.4 Å². The van der Waals surface area contributed by atoms with E-state index in [1.165, 1.54) is 11.5 Å². The Hall–Kier alpha value is -2.64. The lowest BCUT2D eigenvalue weighted by molar-refractivity contribution is 0.691. The van der Waals surface area contributed by atoms with Gasteiger partial charge in [0.2, 0.25) is 0 Å². The summed E-state index contributed by atoms with van der Waals surface area (Å²) in [6.07, 6.45) is 7.05. The molecule has 138 valence electrons. The van der Waals surface area contributed by atoms with Gasteiger partial charge in [-0.15, -0.1) is 11.8 Å². The van der Waals surface area contributed by atoms with Crippen LogP contribution >= 0.6 is 11.8 Å². The average molecular weight is 398 g/mol. The lowest BCUT2D eigenvalue weighted by Crippen LogP contribution is -2.15. The highest BCUT2D eigenvalue weighted by atomic mass is 32.2. The van der Waals surface area contributed by atoms with Gasteiger partial charge in [0, 0.05) is 29.1 Å². The highest BCUT2D eigenvalue weighted by molar-refractivity contribution is 8.01. The van der Waals surface area contributed by atoms with Crippen LogP contribution in [0.5, 0.6) is 0 Å². The molecule has 2 aromatic heterocycles. The molecule has 7 heteroatoms. The van der Waals surface area contributed by atoms with Gasteiger partial charge in [-0.1, -0.05) is 30.4 Å². The Morgan fingerprint density at radius 1 is 1.19 bits per heavy atom. The van der Waals surface area contributed by atoms with E-state index in [-0.39, 0.29) is 5.43 Å². The number of nitrogens with zero attached hydrogens (tertiary/aromatic N) is 2. The SMILES string of the molecule is CS/C=C\C=C\S(=O)Nc1cc(=O)c2cnc(C)cc2n1-c1ccccc1. The smallest absolute Gasteiger partial charge is 0.193 e. The van der Waals surface area contributed by atoms with E-state index in [2.05, 4.69) is 9.71 Å². The minimum Gasteiger partial charge on any atom is -0.295 e. The summed E-state index contributed by atoms with van der Waals surface area (Å²) in [7, 11) is -1.48. The molecule has 0 radical (unpaired) electrons. The molecule has 0 aliphatic carbocycles. The molecule has 27 heavy (non-hydrogen) atoms. The van der Waals surface area contributed by atoms with Crippen LogP contribution in [0.4, 0.5) is 5.82 Å². The Labute approximate surface area is 164 Å². The van der Waals surface area contributed by atoms with E-state index in [4.69, 9.17) is 0 Å². The minimum absolute atomic E-state index is 0.171. The molecule has 3 rings (SSSR count). The first-order chi connectivity index (χ1) is 13.1. The van der Waals surface area contributed by atoms with Crippen molar-refractivity contribution < 1.29 is 4.21 Å². The minimum atomic E-state index is -1.48. The monoisotopic (exact) mass is 397 g/mol. The number of anilines is 1. The second-order valence-electron chi connectivity index (χ2n) is 5.70. The maximum absolute atomic E-state index is 12.6. The Morgan fingerprint density at radius 2 is 1.96 bits per heavy atom. The second-order valence-corrected chi connectivity index (χ2v) is 7.51. The van der Waals surface area contributed by atoms with Gasteiger partial charge < -0.3 is 0 Å². The second kappa shape index (κ2) is 8.83. The molecule has 0 fully saturated rings. The van der Waals surface area contributed by atoms with Crippen LogP contribution in [-0.2, 0) is 11.0 Å². The van der Waals surface area contributed by atoms with Crippen molar-refractivity contribution in [3.63, 3.8) is 0 Å². The lowest BCUT2D eigenvalue weighted by Gasteiger charge is -2.17. The molecule has 1 aromatic carbocycles. The number of pyridine rings is 2. The standard InChI is InChI=1S/C20H19N3O2S2/c1-15-12-18-17(14-21-15)19(24)13-20(22-27(25)11-7-6-10-26-2)23(18)16-8-4-3-5-9-16/h3-14,22H,1-2H3/b10-6-,11-7+. The molecule has 1 N–H and O–H groups in total. The van der Waals surface area contributed by atoms with Crippen LogP contribution in [0.1, 0.15) is 5.69 Å². The Kier molecular flexibility index (Phi) is 6.26. The number of hydrogen-bond donors (Lipinski definition) is 1. The maximum atomic E-state index is 12.6. The molecule has 0 spiro atoms. The first kappa shape index (κ1) is 19.1. The first-order valence-corrected chi connectivity index (χ1v) is 10.7. The van der Waals surface area contributed by atoms with Crippen molar-refractivity contribution in [1.29, 1.82) is 0 Å². The van der Waals surface area contributed by atoms with E-state index in [0.29, 0.717) is 16.7 Å². The van der Waals surface area contributed by atoms with Crippen molar-refractivity contribution in [3.8, 4) is 5.69 Å². The molecule has 1 unspecified atom stereocenters. The molecular formula is C20H19N3O2S2. The van der Waals surface area contributed by atoms with Crippen LogP contribution in [0.2, 0.25) is 0 Å². The fourth-order valence-electron chi connectivity index (χ4n) is 2.62. The highest BCUT2D eigenvalue weighted by Gasteiger charge is 2.12. The summed E-state index contributed by atoms with van der Waals surface area (Å²) in [5.74, 6) is 0.459. The number of benzene rings is 1. The zero-order valence-corrected chi connectivity index (χ0v) is 16.6. The third kappa shape index (κ3) is 4.56. The molecule has 3 aromatic rings. The number of allylic oxidation sites excluding steroid dienone is 2. The van der Waals surface area contributed by atoms with Crippen LogP contribution in [0.25, 0.3) is 16.6 Å². The Morgan fingerprint density at radius 3 is 2.70 bits per heavy atom. The van der Waals surface area contributed by atoms with Gasteiger partial charge in [0.1, 0.15) is 16.8 Å². The number of fused-ring (bicyclic) bond motifs is 1. The van der Waals surface area contributed by atoms with Gasteiger partial charge in [-0.05, 0) is 36.8 Å². The van der Waals surface area contributed by atoms with Crippen molar-refractivity contribution in [3.05, 3.63) is 87.5 Å². The molecule has 0 saturated carbocycles. The summed E-state index contributed by atoms with van der Waals surface area (Å²) in [4.78, 5) is 16.8. The number of aromatic nitrogens is 2. The number of aryl methyl sites for hydroxylation is 1. The summed E-state index contributed by atoms with van der Waals surface area (Å²) >= 11 is 1.56. The lowest BCUT2D eigenvalue weighted by atomic mass is 10.2. The zero-order chi connectivity index (χ0) is 19.2. The van der Waals surface area contributed by atoms with Crippen LogP contribution in [-0.4, -0.2) is 20.0 Å². The van der Waals surface area contributed by atoms with Gasteiger partial charge in [0.25, 0.3) is 0 Å². The van der Waals surface area contributed by atoms with Crippen molar-refractivity contribution in [1.82, 2.24) is 9.55 Å². The quantitative estimate of drug-likeness (QED) is 0.635. The summed E-state index contributed by atoms with van der Waals surface area (Å²) in [5, 5.41) is 3.94. The molecular weight excluding hydrogens is 378 g/mol. The molecule has 0 bridgehead atoms. The first-order valence-electron chi connectivity index (χ1n) is 8.21. The predicted molar refractivity (Wildman–Crippen MR) is 116 cm³/mol. The maximum Gasteiger partial charge on any atom is 0.193 e. The number of hydrogen-bond acceptors (Lipinski definition) is 4. The molecule has 0 aliphatic heterocycles. The molecule has 0 saturated heterocycles. The van der Waals surface area contributed by atoms with E-state index >= 15 is 0 Å². The number of rotatable bonds is 6. The Bertz CT molecular complexity index is 1090.